The van der Waals surface area contributed by atoms with E-state index in [1.54, 1.807) is 0 Å². The Morgan fingerprint density at radius 1 is 1.20 bits per heavy atom. The molecule has 0 N–H and O–H groups in total. The summed E-state index contributed by atoms with van der Waals surface area (Å²) in [4.78, 5) is 2.52. The monoisotopic (exact) mass is 203 g/mol. The molecule has 82 valence electrons. The van der Waals surface area contributed by atoms with Crippen LogP contribution < -0.4 is 0 Å². The first-order valence-electron chi connectivity index (χ1n) is 5.93. The van der Waals surface area contributed by atoms with E-state index in [1.165, 1.54) is 18.5 Å². The lowest BCUT2D eigenvalue weighted by atomic mass is 9.93. The molecule has 1 aliphatic rings. The van der Waals surface area contributed by atoms with Crippen LogP contribution in [-0.2, 0) is 0 Å². The van der Waals surface area contributed by atoms with E-state index in [2.05, 4.69) is 56.1 Å². The molecule has 0 aliphatic carbocycles. The van der Waals surface area contributed by atoms with Crippen molar-refractivity contribution in [3.8, 4) is 0 Å². The summed E-state index contributed by atoms with van der Waals surface area (Å²) in [5, 5.41) is 0. The molecule has 0 radical (unpaired) electrons. The minimum Gasteiger partial charge on any atom is -0.303 e. The molecule has 2 atom stereocenters. The van der Waals surface area contributed by atoms with Gasteiger partial charge in [0.15, 0.2) is 0 Å². The van der Waals surface area contributed by atoms with Gasteiger partial charge in [0, 0.05) is 12.6 Å². The van der Waals surface area contributed by atoms with E-state index in [-0.39, 0.29) is 0 Å². The summed E-state index contributed by atoms with van der Waals surface area (Å²) < 4.78 is 0. The predicted octanol–water partition coefficient (Wildman–Crippen LogP) is 3.13. The molecule has 2 rings (SSSR count). The van der Waals surface area contributed by atoms with Crippen LogP contribution in [0, 0.1) is 5.92 Å². The van der Waals surface area contributed by atoms with Crippen molar-refractivity contribution in [3.05, 3.63) is 35.9 Å². The summed E-state index contributed by atoms with van der Waals surface area (Å²) >= 11 is 0. The molecule has 0 amide bonds. The van der Waals surface area contributed by atoms with E-state index in [0.717, 1.165) is 17.9 Å². The van der Waals surface area contributed by atoms with Crippen LogP contribution >= 0.6 is 0 Å². The molecule has 1 aromatic rings. The molecule has 0 aromatic heterocycles. The molecule has 1 unspecified atom stereocenters. The number of benzene rings is 1. The molecule has 0 spiro atoms. The average molecular weight is 203 g/mol. The van der Waals surface area contributed by atoms with Crippen LogP contribution in [0.25, 0.3) is 0 Å². The molecule has 1 fully saturated rings. The average Bonchev–Trinajstić information content (AvgIpc) is 2.62. The zero-order chi connectivity index (χ0) is 10.8. The first-order valence-corrected chi connectivity index (χ1v) is 5.93. The van der Waals surface area contributed by atoms with Gasteiger partial charge in [0.1, 0.15) is 0 Å². The zero-order valence-corrected chi connectivity index (χ0v) is 9.98. The van der Waals surface area contributed by atoms with Crippen molar-refractivity contribution < 1.29 is 0 Å². The molecule has 1 aromatic carbocycles. The Labute approximate surface area is 93.1 Å². The molecule has 15 heavy (non-hydrogen) atoms. The van der Waals surface area contributed by atoms with E-state index in [9.17, 15) is 0 Å². The Kier molecular flexibility index (Phi) is 3.11. The molecule has 0 saturated carbocycles. The van der Waals surface area contributed by atoms with E-state index < -0.39 is 0 Å². The van der Waals surface area contributed by atoms with Gasteiger partial charge in [0.25, 0.3) is 0 Å². The number of hydrogen-bond donors (Lipinski definition) is 0. The van der Waals surface area contributed by atoms with Gasteiger partial charge in [-0.15, -0.1) is 0 Å². The van der Waals surface area contributed by atoms with E-state index in [4.69, 9.17) is 0 Å². The topological polar surface area (TPSA) is 3.24 Å². The zero-order valence-electron chi connectivity index (χ0n) is 9.98. The highest BCUT2D eigenvalue weighted by atomic mass is 15.2. The first-order chi connectivity index (χ1) is 7.18. The SMILES string of the molecule is CC(C)C1C[C@@H](c2ccccc2)CN1C. The van der Waals surface area contributed by atoms with Gasteiger partial charge in [-0.25, -0.2) is 0 Å². The summed E-state index contributed by atoms with van der Waals surface area (Å²) in [6.07, 6.45) is 1.32. The Balaban J connectivity index is 2.09. The smallest absolute Gasteiger partial charge is 0.0122 e. The molecule has 1 aliphatic heterocycles. The van der Waals surface area contributed by atoms with Gasteiger partial charge in [-0.3, -0.25) is 0 Å². The van der Waals surface area contributed by atoms with Gasteiger partial charge in [-0.05, 0) is 30.9 Å². The lowest BCUT2D eigenvalue weighted by Crippen LogP contribution is -2.29. The second-order valence-electron chi connectivity index (χ2n) is 5.09. The maximum atomic E-state index is 2.52. The maximum absolute atomic E-state index is 2.52. The Morgan fingerprint density at radius 2 is 1.87 bits per heavy atom. The fraction of sp³-hybridized carbons (Fsp3) is 0.571. The number of likely N-dealkylation sites (N-methyl/N-ethyl adjacent to an activating group) is 1. The number of rotatable bonds is 2. The first kappa shape index (κ1) is 10.7. The quantitative estimate of drug-likeness (QED) is 0.714. The van der Waals surface area contributed by atoms with Crippen LogP contribution in [0.3, 0.4) is 0 Å². The molecular formula is C14H21N. The predicted molar refractivity (Wildman–Crippen MR) is 65.1 cm³/mol. The normalized spacial score (nSPS) is 27.5. The Morgan fingerprint density at radius 3 is 2.40 bits per heavy atom. The lowest BCUT2D eigenvalue weighted by molar-refractivity contribution is 0.250. The van der Waals surface area contributed by atoms with Crippen LogP contribution in [0.1, 0.15) is 31.7 Å². The highest BCUT2D eigenvalue weighted by molar-refractivity contribution is 5.21. The second kappa shape index (κ2) is 4.36. The number of likely N-dealkylation sites (tertiary alicyclic amines) is 1. The molecule has 0 bridgehead atoms. The van der Waals surface area contributed by atoms with Crippen LogP contribution in [0.2, 0.25) is 0 Å². The Bertz CT molecular complexity index is 304. The minimum absolute atomic E-state index is 0.739. The summed E-state index contributed by atoms with van der Waals surface area (Å²) in [5.41, 5.74) is 1.51. The van der Waals surface area contributed by atoms with Crippen LogP contribution in [0.4, 0.5) is 0 Å². The van der Waals surface area contributed by atoms with Gasteiger partial charge in [0.05, 0.1) is 0 Å². The van der Waals surface area contributed by atoms with Crippen molar-refractivity contribution in [2.24, 2.45) is 5.92 Å². The standard InChI is InChI=1S/C14H21N/c1-11(2)14-9-13(10-15(14)3)12-7-5-4-6-8-12/h4-8,11,13-14H,9-10H2,1-3H3/t13-,14?/m1/s1. The second-order valence-corrected chi connectivity index (χ2v) is 5.09. The molecule has 1 nitrogen and oxygen atoms in total. The Hall–Kier alpha value is -0.820. The number of nitrogens with zero attached hydrogens (tertiary/aromatic N) is 1. The third-order valence-electron chi connectivity index (χ3n) is 3.64. The van der Waals surface area contributed by atoms with Crippen LogP contribution in [-0.4, -0.2) is 24.5 Å². The third kappa shape index (κ3) is 2.23. The van der Waals surface area contributed by atoms with Crippen molar-refractivity contribution in [2.45, 2.75) is 32.2 Å². The lowest BCUT2D eigenvalue weighted by Gasteiger charge is -2.22. The fourth-order valence-electron chi connectivity index (χ4n) is 2.78. The minimum atomic E-state index is 0.739. The van der Waals surface area contributed by atoms with Crippen molar-refractivity contribution in [1.29, 1.82) is 0 Å². The maximum Gasteiger partial charge on any atom is 0.0122 e. The van der Waals surface area contributed by atoms with Gasteiger partial charge in [0.2, 0.25) is 0 Å². The van der Waals surface area contributed by atoms with Gasteiger partial charge in [-0.2, -0.15) is 0 Å². The van der Waals surface area contributed by atoms with Crippen molar-refractivity contribution in [2.75, 3.05) is 13.6 Å². The van der Waals surface area contributed by atoms with Crippen molar-refractivity contribution in [1.82, 2.24) is 4.90 Å². The van der Waals surface area contributed by atoms with Crippen molar-refractivity contribution >= 4 is 0 Å². The van der Waals surface area contributed by atoms with Crippen molar-refractivity contribution in [3.63, 3.8) is 0 Å². The van der Waals surface area contributed by atoms with E-state index >= 15 is 0 Å². The van der Waals surface area contributed by atoms with E-state index in [0.29, 0.717) is 0 Å². The molecule has 1 saturated heterocycles. The highest BCUT2D eigenvalue weighted by Gasteiger charge is 2.31. The highest BCUT2D eigenvalue weighted by Crippen LogP contribution is 2.33. The molecule has 1 heteroatoms. The third-order valence-corrected chi connectivity index (χ3v) is 3.64. The van der Waals surface area contributed by atoms with Gasteiger partial charge >= 0.3 is 0 Å². The van der Waals surface area contributed by atoms with Gasteiger partial charge < -0.3 is 4.90 Å². The molecular weight excluding hydrogens is 182 g/mol. The summed E-state index contributed by atoms with van der Waals surface area (Å²) in [6.45, 7) is 5.87. The van der Waals surface area contributed by atoms with Crippen LogP contribution in [0.15, 0.2) is 30.3 Å². The van der Waals surface area contributed by atoms with E-state index in [1.807, 2.05) is 0 Å². The summed E-state index contributed by atoms with van der Waals surface area (Å²) in [7, 11) is 2.26. The summed E-state index contributed by atoms with van der Waals surface area (Å²) in [5.74, 6) is 1.51. The van der Waals surface area contributed by atoms with Gasteiger partial charge in [-0.1, -0.05) is 44.2 Å². The number of hydrogen-bond acceptors (Lipinski definition) is 1. The largest absolute Gasteiger partial charge is 0.303 e. The fourth-order valence-corrected chi connectivity index (χ4v) is 2.78. The van der Waals surface area contributed by atoms with Crippen LogP contribution in [0.5, 0.6) is 0 Å². The molecule has 1 heterocycles. The summed E-state index contributed by atoms with van der Waals surface area (Å²) in [6, 6.07) is 11.7.